The lowest BCUT2D eigenvalue weighted by molar-refractivity contribution is -0.136. The molecule has 0 heterocycles. The molecule has 26 heavy (non-hydrogen) atoms. The topological polar surface area (TPSA) is 109 Å². The number of phenols is 1. The zero-order valence-electron chi connectivity index (χ0n) is 14.4. The van der Waals surface area contributed by atoms with Gasteiger partial charge in [0.05, 0.1) is 25.6 Å². The van der Waals surface area contributed by atoms with Crippen LogP contribution in [0.25, 0.3) is 0 Å². The van der Waals surface area contributed by atoms with Crippen molar-refractivity contribution in [3.8, 4) is 17.2 Å². The second kappa shape index (κ2) is 9.07. The fourth-order valence-electron chi connectivity index (χ4n) is 2.03. The van der Waals surface area contributed by atoms with Gasteiger partial charge in [0, 0.05) is 0 Å². The molecule has 0 unspecified atom stereocenters. The maximum atomic E-state index is 11.9. The lowest BCUT2D eigenvalue weighted by Crippen LogP contribution is -2.32. The summed E-state index contributed by atoms with van der Waals surface area (Å²) in [6.45, 7) is 2.19. The largest absolute Gasteiger partial charge is 0.504 e. The van der Waals surface area contributed by atoms with Gasteiger partial charge < -0.3 is 19.9 Å². The van der Waals surface area contributed by atoms with Gasteiger partial charge in [0.25, 0.3) is 0 Å². The molecule has 136 valence electrons. The molecule has 0 bridgehead atoms. The lowest BCUT2D eigenvalue weighted by Gasteiger charge is -2.08. The van der Waals surface area contributed by atoms with Crippen LogP contribution in [0.5, 0.6) is 17.2 Å². The summed E-state index contributed by atoms with van der Waals surface area (Å²) in [5.41, 5.74) is 3.08. The van der Waals surface area contributed by atoms with E-state index in [1.165, 1.54) is 19.4 Å². The number of amides is 2. The molecule has 0 aliphatic heterocycles. The highest BCUT2D eigenvalue weighted by Gasteiger charge is 2.14. The maximum Gasteiger partial charge on any atom is 0.329 e. The molecule has 3 N–H and O–H groups in total. The number of methoxy groups -OCH3 is 1. The van der Waals surface area contributed by atoms with Crippen LogP contribution in [-0.4, -0.2) is 36.9 Å². The number of carbonyl (C=O) groups excluding carboxylic acids is 2. The number of benzene rings is 2. The molecule has 0 aliphatic carbocycles. The van der Waals surface area contributed by atoms with Crippen molar-refractivity contribution in [3.63, 3.8) is 0 Å². The van der Waals surface area contributed by atoms with Gasteiger partial charge in [0.15, 0.2) is 11.5 Å². The van der Waals surface area contributed by atoms with Crippen LogP contribution in [-0.2, 0) is 9.59 Å². The van der Waals surface area contributed by atoms with Crippen molar-refractivity contribution in [1.82, 2.24) is 5.43 Å². The summed E-state index contributed by atoms with van der Waals surface area (Å²) >= 11 is 0. The molecule has 2 amide bonds. The Hall–Kier alpha value is -3.55. The highest BCUT2D eigenvalue weighted by molar-refractivity contribution is 6.39. The Balaban J connectivity index is 1.96. The molecule has 0 spiro atoms. The number of anilines is 1. The molecule has 8 nitrogen and oxygen atoms in total. The molecule has 0 fully saturated rings. The van der Waals surface area contributed by atoms with Crippen LogP contribution in [0, 0.1) is 0 Å². The summed E-state index contributed by atoms with van der Waals surface area (Å²) in [4.78, 5) is 23.7. The number of phenolic OH excluding ortho intramolecular Hbond substituents is 1. The van der Waals surface area contributed by atoms with Crippen LogP contribution in [0.1, 0.15) is 12.5 Å². The molecule has 2 aromatic rings. The maximum absolute atomic E-state index is 11.9. The van der Waals surface area contributed by atoms with Crippen LogP contribution in [0.3, 0.4) is 0 Å². The molecule has 2 aromatic carbocycles. The number of nitrogens with zero attached hydrogens (tertiary/aromatic N) is 1. The zero-order chi connectivity index (χ0) is 18.9. The summed E-state index contributed by atoms with van der Waals surface area (Å²) in [6.07, 6.45) is 1.33. The fourth-order valence-corrected chi connectivity index (χ4v) is 2.03. The summed E-state index contributed by atoms with van der Waals surface area (Å²) in [6, 6.07) is 11.3. The minimum absolute atomic E-state index is 0.00391. The van der Waals surface area contributed by atoms with Crippen LogP contribution >= 0.6 is 0 Å². The summed E-state index contributed by atoms with van der Waals surface area (Å²) < 4.78 is 10.4. The first-order chi connectivity index (χ1) is 12.5. The molecule has 0 saturated carbocycles. The van der Waals surface area contributed by atoms with E-state index in [9.17, 15) is 14.7 Å². The van der Waals surface area contributed by atoms with E-state index in [-0.39, 0.29) is 5.75 Å². The molecule has 0 aliphatic rings. The fraction of sp³-hybridized carbons (Fsp3) is 0.167. The third-order valence-electron chi connectivity index (χ3n) is 3.22. The first kappa shape index (κ1) is 18.8. The average molecular weight is 357 g/mol. The molecular weight excluding hydrogens is 338 g/mol. The van der Waals surface area contributed by atoms with Crippen molar-refractivity contribution in [2.45, 2.75) is 6.92 Å². The average Bonchev–Trinajstić information content (AvgIpc) is 2.64. The van der Waals surface area contributed by atoms with Crippen LogP contribution < -0.4 is 20.2 Å². The van der Waals surface area contributed by atoms with Gasteiger partial charge in [-0.05, 0) is 42.8 Å². The first-order valence-electron chi connectivity index (χ1n) is 7.78. The van der Waals surface area contributed by atoms with Gasteiger partial charge >= 0.3 is 11.8 Å². The number of aromatic hydroxyl groups is 1. The smallest absolute Gasteiger partial charge is 0.329 e. The van der Waals surface area contributed by atoms with Gasteiger partial charge in [0.2, 0.25) is 0 Å². The van der Waals surface area contributed by atoms with E-state index in [2.05, 4.69) is 15.8 Å². The minimum atomic E-state index is -0.934. The third-order valence-corrected chi connectivity index (χ3v) is 3.22. The van der Waals surface area contributed by atoms with Crippen LogP contribution in [0.15, 0.2) is 47.6 Å². The van der Waals surface area contributed by atoms with E-state index in [1.807, 2.05) is 0 Å². The highest BCUT2D eigenvalue weighted by Crippen LogP contribution is 2.26. The Morgan fingerprint density at radius 3 is 2.65 bits per heavy atom. The van der Waals surface area contributed by atoms with E-state index < -0.39 is 11.8 Å². The summed E-state index contributed by atoms with van der Waals surface area (Å²) in [5, 5.41) is 15.8. The van der Waals surface area contributed by atoms with Gasteiger partial charge in [0.1, 0.15) is 5.75 Å². The van der Waals surface area contributed by atoms with Crippen molar-refractivity contribution < 1.29 is 24.2 Å². The monoisotopic (exact) mass is 357 g/mol. The molecule has 0 saturated heterocycles. The van der Waals surface area contributed by atoms with Gasteiger partial charge in [-0.15, -0.1) is 0 Å². The van der Waals surface area contributed by atoms with E-state index in [1.54, 1.807) is 43.3 Å². The van der Waals surface area contributed by atoms with E-state index in [4.69, 9.17) is 9.47 Å². The number of hydrogen-bond donors (Lipinski definition) is 3. The van der Waals surface area contributed by atoms with Crippen LogP contribution in [0.4, 0.5) is 5.69 Å². The summed E-state index contributed by atoms with van der Waals surface area (Å²) in [7, 11) is 1.46. The SMILES string of the molecule is CCOc1cc(C=NNC(=O)C(=O)Nc2ccccc2OC)ccc1O. The van der Waals surface area contributed by atoms with Gasteiger partial charge in [-0.1, -0.05) is 12.1 Å². The number of hydrogen-bond acceptors (Lipinski definition) is 6. The minimum Gasteiger partial charge on any atom is -0.504 e. The number of rotatable bonds is 6. The Bertz CT molecular complexity index is 820. The van der Waals surface area contributed by atoms with Crippen molar-refractivity contribution in [1.29, 1.82) is 0 Å². The second-order valence-electron chi connectivity index (χ2n) is 5.01. The van der Waals surface area contributed by atoms with Crippen molar-refractivity contribution in [2.75, 3.05) is 19.0 Å². The van der Waals surface area contributed by atoms with Gasteiger partial charge in [-0.2, -0.15) is 5.10 Å². The Labute approximate surface area is 150 Å². The Morgan fingerprint density at radius 2 is 1.92 bits per heavy atom. The zero-order valence-corrected chi connectivity index (χ0v) is 14.4. The lowest BCUT2D eigenvalue weighted by atomic mass is 10.2. The molecule has 0 atom stereocenters. The highest BCUT2D eigenvalue weighted by atomic mass is 16.5. The number of hydrazone groups is 1. The van der Waals surface area contributed by atoms with Crippen molar-refractivity contribution >= 4 is 23.7 Å². The second-order valence-corrected chi connectivity index (χ2v) is 5.01. The predicted octanol–water partition coefficient (Wildman–Crippen LogP) is 1.89. The van der Waals surface area contributed by atoms with Gasteiger partial charge in [-0.25, -0.2) is 5.43 Å². The number of para-hydroxylation sites is 2. The third kappa shape index (κ3) is 4.97. The molecular formula is C18H19N3O5. The Morgan fingerprint density at radius 1 is 1.15 bits per heavy atom. The molecule has 0 radical (unpaired) electrons. The van der Waals surface area contributed by atoms with E-state index in [0.29, 0.717) is 29.4 Å². The first-order valence-corrected chi connectivity index (χ1v) is 7.78. The van der Waals surface area contributed by atoms with Gasteiger partial charge in [-0.3, -0.25) is 9.59 Å². The summed E-state index contributed by atoms with van der Waals surface area (Å²) in [5.74, 6) is -1.08. The normalized spacial score (nSPS) is 10.4. The number of carbonyl (C=O) groups is 2. The van der Waals surface area contributed by atoms with Crippen molar-refractivity contribution in [2.24, 2.45) is 5.10 Å². The van der Waals surface area contributed by atoms with Crippen LogP contribution in [0.2, 0.25) is 0 Å². The molecule has 0 aromatic heterocycles. The van der Waals surface area contributed by atoms with E-state index in [0.717, 1.165) is 0 Å². The molecule has 8 heteroatoms. The number of ether oxygens (including phenoxy) is 2. The predicted molar refractivity (Wildman–Crippen MR) is 96.6 cm³/mol. The Kier molecular flexibility index (Phi) is 6.55. The quantitative estimate of drug-likeness (QED) is 0.415. The standard InChI is InChI=1S/C18H19N3O5/c1-3-26-16-10-12(8-9-14(16)22)11-19-21-18(24)17(23)20-13-6-4-5-7-15(13)25-2/h4-11,22H,3H2,1-2H3,(H,20,23)(H,21,24). The van der Waals surface area contributed by atoms with Crippen molar-refractivity contribution in [3.05, 3.63) is 48.0 Å². The molecule has 2 rings (SSSR count). The number of nitrogens with one attached hydrogen (secondary N) is 2. The van der Waals surface area contributed by atoms with E-state index >= 15 is 0 Å².